The van der Waals surface area contributed by atoms with E-state index < -0.39 is 12.1 Å². The van der Waals surface area contributed by atoms with Crippen molar-refractivity contribution < 1.29 is 28.6 Å². The molecule has 0 bridgehead atoms. The second kappa shape index (κ2) is 69.8. The SMILES string of the molecule is CC/C=C\C/C=C\C/C=C\C/C=C\C/C=C\C/C=C\CCC(=O)OC(COC(=O)CCCCCCCC/C=C\C/C=C\C/C=C\C/C=C\CC)COC(=O)CCCCCCCCCCCCCCCCC/C=C\C/C=C\CCCCCCC. The van der Waals surface area contributed by atoms with E-state index in [0.29, 0.717) is 19.3 Å². The molecule has 6 nitrogen and oxygen atoms in total. The molecular formula is C77H126O6. The molecule has 0 aromatic rings. The van der Waals surface area contributed by atoms with Gasteiger partial charge in [-0.05, 0) is 128 Å². The van der Waals surface area contributed by atoms with Crippen LogP contribution < -0.4 is 0 Å². The molecule has 470 valence electrons. The third kappa shape index (κ3) is 68.0. The van der Waals surface area contributed by atoms with Crippen molar-refractivity contribution in [1.29, 1.82) is 0 Å². The maximum atomic E-state index is 12.9. The summed E-state index contributed by atoms with van der Waals surface area (Å²) in [7, 11) is 0. The van der Waals surface area contributed by atoms with Crippen molar-refractivity contribution in [2.45, 2.75) is 309 Å². The molecule has 0 saturated heterocycles. The van der Waals surface area contributed by atoms with Crippen molar-refractivity contribution in [3.05, 3.63) is 146 Å². The molecule has 0 amide bonds. The molecule has 1 unspecified atom stereocenters. The largest absolute Gasteiger partial charge is 0.462 e. The minimum Gasteiger partial charge on any atom is -0.462 e. The van der Waals surface area contributed by atoms with Gasteiger partial charge < -0.3 is 14.2 Å². The first kappa shape index (κ1) is 78.3. The number of esters is 3. The lowest BCUT2D eigenvalue weighted by Crippen LogP contribution is -2.30. The summed E-state index contributed by atoms with van der Waals surface area (Å²) in [6.07, 6.45) is 100. The van der Waals surface area contributed by atoms with Crippen molar-refractivity contribution in [2.24, 2.45) is 0 Å². The summed E-state index contributed by atoms with van der Waals surface area (Å²) >= 11 is 0. The Kier molecular flexibility index (Phi) is 65.8. The van der Waals surface area contributed by atoms with Gasteiger partial charge in [-0.1, -0.05) is 301 Å². The van der Waals surface area contributed by atoms with E-state index in [1.807, 2.05) is 6.08 Å². The highest BCUT2D eigenvalue weighted by molar-refractivity contribution is 5.71. The Morgan fingerprint density at radius 1 is 0.253 bits per heavy atom. The summed E-state index contributed by atoms with van der Waals surface area (Å²) in [4.78, 5) is 38.4. The van der Waals surface area contributed by atoms with Gasteiger partial charge in [0.25, 0.3) is 0 Å². The highest BCUT2D eigenvalue weighted by Gasteiger charge is 2.19. The second-order valence-corrected chi connectivity index (χ2v) is 22.3. The van der Waals surface area contributed by atoms with Gasteiger partial charge in [-0.25, -0.2) is 0 Å². The zero-order chi connectivity index (χ0) is 59.9. The number of hydrogen-bond acceptors (Lipinski definition) is 6. The Hall–Kier alpha value is -4.71. The van der Waals surface area contributed by atoms with E-state index in [1.54, 1.807) is 0 Å². The van der Waals surface area contributed by atoms with Gasteiger partial charge in [-0.3, -0.25) is 14.4 Å². The molecule has 0 aromatic carbocycles. The number of carbonyl (C=O) groups is 3. The molecule has 1 atom stereocenters. The molecule has 6 heteroatoms. The Bertz CT molecular complexity index is 1800. The van der Waals surface area contributed by atoms with Crippen molar-refractivity contribution >= 4 is 17.9 Å². The molecule has 0 radical (unpaired) electrons. The summed E-state index contributed by atoms with van der Waals surface area (Å²) in [5, 5.41) is 0. The lowest BCUT2D eigenvalue weighted by atomic mass is 10.0. The van der Waals surface area contributed by atoms with Crippen LogP contribution in [0, 0.1) is 0 Å². The quantitative estimate of drug-likeness (QED) is 0.0261. The fourth-order valence-corrected chi connectivity index (χ4v) is 9.26. The zero-order valence-electron chi connectivity index (χ0n) is 53.9. The van der Waals surface area contributed by atoms with Gasteiger partial charge >= 0.3 is 17.9 Å². The van der Waals surface area contributed by atoms with Crippen LogP contribution in [0.25, 0.3) is 0 Å². The monoisotopic (exact) mass is 1150 g/mol. The summed E-state index contributed by atoms with van der Waals surface area (Å²) < 4.78 is 16.9. The molecule has 0 spiro atoms. The van der Waals surface area contributed by atoms with Crippen molar-refractivity contribution in [2.75, 3.05) is 13.2 Å². The van der Waals surface area contributed by atoms with Crippen LogP contribution in [0.3, 0.4) is 0 Å². The second-order valence-electron chi connectivity index (χ2n) is 22.3. The lowest BCUT2D eigenvalue weighted by molar-refractivity contribution is -0.166. The molecule has 0 aromatic heterocycles. The molecule has 0 heterocycles. The summed E-state index contributed by atoms with van der Waals surface area (Å²) in [5.41, 5.74) is 0. The van der Waals surface area contributed by atoms with Crippen molar-refractivity contribution in [3.8, 4) is 0 Å². The lowest BCUT2D eigenvalue weighted by Gasteiger charge is -2.18. The fourth-order valence-electron chi connectivity index (χ4n) is 9.26. The van der Waals surface area contributed by atoms with Crippen LogP contribution in [0.15, 0.2) is 146 Å². The van der Waals surface area contributed by atoms with Crippen molar-refractivity contribution in [1.82, 2.24) is 0 Å². The average Bonchev–Trinajstić information content (AvgIpc) is 3.50. The molecule has 0 fully saturated rings. The van der Waals surface area contributed by atoms with E-state index >= 15 is 0 Å². The van der Waals surface area contributed by atoms with E-state index in [0.717, 1.165) is 122 Å². The number of unbranched alkanes of at least 4 members (excludes halogenated alkanes) is 26. The van der Waals surface area contributed by atoms with Gasteiger partial charge in [0, 0.05) is 19.3 Å². The molecule has 0 N–H and O–H groups in total. The van der Waals surface area contributed by atoms with Crippen LogP contribution in [-0.4, -0.2) is 37.2 Å². The molecule has 0 aliphatic heterocycles. The molecule has 83 heavy (non-hydrogen) atoms. The average molecular weight is 1150 g/mol. The first-order valence-corrected chi connectivity index (χ1v) is 34.3. The minimum atomic E-state index is -0.833. The number of allylic oxidation sites excluding steroid dienone is 24. The smallest absolute Gasteiger partial charge is 0.306 e. The maximum Gasteiger partial charge on any atom is 0.306 e. The standard InChI is InChI=1S/C77H126O6/c1-4-7-10-13-16-19-22-25-28-31-34-35-36-37-38-39-40-41-44-46-49-52-55-58-61-64-67-70-76(79)82-73-74(83-77(80)71-68-65-62-59-56-53-50-47-43-33-30-27-24-21-18-15-12-9-6-3)72-81-75(78)69-66-63-60-57-54-51-48-45-42-32-29-26-23-20-17-14-11-8-5-2/h8-9,11-12,17-18,20-22,25-27,29-31,34,42-43,45,47,53,56,62,65,74H,4-7,10,13-16,19,23-24,28,32-33,35-41,44,46,48-52,54-55,57-61,63-64,66-73H2,1-3H3/b11-8-,12-9-,20-17-,21-18-,25-22-,29-26-,30-27-,34-31-,45-42-,47-43-,56-53-,65-62-. The van der Waals surface area contributed by atoms with E-state index in [1.165, 1.54) is 135 Å². The van der Waals surface area contributed by atoms with Gasteiger partial charge in [0.15, 0.2) is 6.10 Å². The predicted octanol–water partition coefficient (Wildman–Crippen LogP) is 23.9. The third-order valence-electron chi connectivity index (χ3n) is 14.3. The van der Waals surface area contributed by atoms with E-state index in [9.17, 15) is 14.4 Å². The highest BCUT2D eigenvalue weighted by atomic mass is 16.6. The Balaban J connectivity index is 4.44. The first-order valence-electron chi connectivity index (χ1n) is 34.3. The normalized spacial score (nSPS) is 13.0. The van der Waals surface area contributed by atoms with Gasteiger partial charge in [0.2, 0.25) is 0 Å². The van der Waals surface area contributed by atoms with Crippen molar-refractivity contribution in [3.63, 3.8) is 0 Å². The first-order chi connectivity index (χ1) is 41.0. The number of ether oxygens (including phenoxy) is 3. The van der Waals surface area contributed by atoms with Crippen LogP contribution in [0.1, 0.15) is 303 Å². The van der Waals surface area contributed by atoms with E-state index in [-0.39, 0.29) is 31.6 Å². The van der Waals surface area contributed by atoms with Gasteiger partial charge in [-0.15, -0.1) is 0 Å². The fraction of sp³-hybridized carbons (Fsp3) is 0.649. The maximum absolute atomic E-state index is 12.9. The minimum absolute atomic E-state index is 0.117. The highest BCUT2D eigenvalue weighted by Crippen LogP contribution is 2.16. The third-order valence-corrected chi connectivity index (χ3v) is 14.3. The topological polar surface area (TPSA) is 78.9 Å². The molecule has 0 aliphatic rings. The van der Waals surface area contributed by atoms with E-state index in [4.69, 9.17) is 14.2 Å². The van der Waals surface area contributed by atoms with E-state index in [2.05, 4.69) is 161 Å². The number of carbonyl (C=O) groups excluding carboxylic acids is 3. The molecule has 0 aliphatic carbocycles. The molecule has 0 saturated carbocycles. The Labute approximate surface area is 512 Å². The summed E-state index contributed by atoms with van der Waals surface area (Å²) in [6.45, 7) is 6.35. The van der Waals surface area contributed by atoms with Gasteiger partial charge in [0.1, 0.15) is 13.2 Å². The molecule has 0 rings (SSSR count). The zero-order valence-corrected chi connectivity index (χ0v) is 53.9. The van der Waals surface area contributed by atoms with Crippen LogP contribution >= 0.6 is 0 Å². The predicted molar refractivity (Wildman–Crippen MR) is 362 cm³/mol. The van der Waals surface area contributed by atoms with Gasteiger partial charge in [0.05, 0.1) is 0 Å². The summed E-state index contributed by atoms with van der Waals surface area (Å²) in [6, 6.07) is 0. The van der Waals surface area contributed by atoms with Gasteiger partial charge in [-0.2, -0.15) is 0 Å². The number of hydrogen-bond donors (Lipinski definition) is 0. The van der Waals surface area contributed by atoms with Crippen LogP contribution in [0.4, 0.5) is 0 Å². The Morgan fingerprint density at radius 3 is 0.783 bits per heavy atom. The van der Waals surface area contributed by atoms with Crippen LogP contribution in [0.5, 0.6) is 0 Å². The van der Waals surface area contributed by atoms with Crippen LogP contribution in [-0.2, 0) is 28.6 Å². The van der Waals surface area contributed by atoms with Crippen LogP contribution in [0.2, 0.25) is 0 Å². The Morgan fingerprint density at radius 2 is 0.494 bits per heavy atom. The summed E-state index contributed by atoms with van der Waals surface area (Å²) in [5.74, 6) is -1.01. The number of rotatable bonds is 61. The molecular weight excluding hydrogens is 1020 g/mol.